The topological polar surface area (TPSA) is 77.0 Å². The fourth-order valence-corrected chi connectivity index (χ4v) is 3.26. The van der Waals surface area contributed by atoms with Gasteiger partial charge in [0.25, 0.3) is 5.91 Å². The third-order valence-electron chi connectivity index (χ3n) is 4.61. The molecule has 1 fully saturated rings. The molecule has 1 aromatic rings. The van der Waals surface area contributed by atoms with Gasteiger partial charge in [0, 0.05) is 6.54 Å². The standard InChI is InChI=1S/C18H27NO5/c1-22-15-10-9-13(16(23-2)17(15)24-3)18(21)19-11-14(20)12-7-5-4-6-8-12/h9-10,12,14,20H,4-8,11H2,1-3H3,(H,19,21). The summed E-state index contributed by atoms with van der Waals surface area (Å²) in [4.78, 5) is 12.5. The van der Waals surface area contributed by atoms with Crippen molar-refractivity contribution in [2.45, 2.75) is 38.2 Å². The third kappa shape index (κ3) is 4.12. The number of nitrogens with one attached hydrogen (secondary N) is 1. The molecule has 1 saturated carbocycles. The Morgan fingerprint density at radius 1 is 1.12 bits per heavy atom. The van der Waals surface area contributed by atoms with Crippen molar-refractivity contribution < 1.29 is 24.1 Å². The molecule has 1 atom stereocenters. The maximum Gasteiger partial charge on any atom is 0.255 e. The summed E-state index contributed by atoms with van der Waals surface area (Å²) in [5.41, 5.74) is 0.353. The molecule has 1 amide bonds. The highest BCUT2D eigenvalue weighted by Crippen LogP contribution is 2.39. The van der Waals surface area contributed by atoms with E-state index in [4.69, 9.17) is 14.2 Å². The van der Waals surface area contributed by atoms with E-state index in [9.17, 15) is 9.90 Å². The number of aliphatic hydroxyl groups is 1. The molecule has 0 heterocycles. The van der Waals surface area contributed by atoms with Gasteiger partial charge in [0.2, 0.25) is 5.75 Å². The Balaban J connectivity index is 2.06. The van der Waals surface area contributed by atoms with Gasteiger partial charge < -0.3 is 24.6 Å². The van der Waals surface area contributed by atoms with Crippen LogP contribution in [0.2, 0.25) is 0 Å². The molecule has 24 heavy (non-hydrogen) atoms. The van der Waals surface area contributed by atoms with E-state index in [1.807, 2.05) is 0 Å². The van der Waals surface area contributed by atoms with Gasteiger partial charge in [0.05, 0.1) is 33.0 Å². The van der Waals surface area contributed by atoms with E-state index >= 15 is 0 Å². The quantitative estimate of drug-likeness (QED) is 0.799. The van der Waals surface area contributed by atoms with E-state index in [1.165, 1.54) is 27.8 Å². The molecule has 1 aliphatic carbocycles. The molecule has 1 aromatic carbocycles. The highest BCUT2D eigenvalue weighted by molar-refractivity contribution is 5.98. The van der Waals surface area contributed by atoms with Crippen molar-refractivity contribution in [2.75, 3.05) is 27.9 Å². The number of hydrogen-bond donors (Lipinski definition) is 2. The van der Waals surface area contributed by atoms with Crippen LogP contribution >= 0.6 is 0 Å². The lowest BCUT2D eigenvalue weighted by molar-refractivity contribution is 0.0736. The molecule has 6 nitrogen and oxygen atoms in total. The van der Waals surface area contributed by atoms with Crippen molar-refractivity contribution in [1.29, 1.82) is 0 Å². The van der Waals surface area contributed by atoms with Crippen LogP contribution in [0.1, 0.15) is 42.5 Å². The molecule has 1 aliphatic rings. The van der Waals surface area contributed by atoms with Gasteiger partial charge in [-0.05, 0) is 30.9 Å². The monoisotopic (exact) mass is 337 g/mol. The summed E-state index contributed by atoms with van der Waals surface area (Å²) in [6.45, 7) is 0.237. The SMILES string of the molecule is COc1ccc(C(=O)NCC(O)C2CCCCC2)c(OC)c1OC. The Kier molecular flexibility index (Phi) is 6.73. The molecule has 6 heteroatoms. The Hall–Kier alpha value is -1.95. The zero-order valence-corrected chi connectivity index (χ0v) is 14.6. The smallest absolute Gasteiger partial charge is 0.255 e. The van der Waals surface area contributed by atoms with E-state index in [1.54, 1.807) is 12.1 Å². The van der Waals surface area contributed by atoms with Gasteiger partial charge in [0.15, 0.2) is 11.5 Å². The van der Waals surface area contributed by atoms with Gasteiger partial charge in [-0.3, -0.25) is 4.79 Å². The molecule has 0 aliphatic heterocycles. The second kappa shape index (κ2) is 8.78. The maximum absolute atomic E-state index is 12.5. The normalized spacial score (nSPS) is 16.3. The zero-order chi connectivity index (χ0) is 17.5. The van der Waals surface area contributed by atoms with Gasteiger partial charge in [-0.25, -0.2) is 0 Å². The van der Waals surface area contributed by atoms with Crippen molar-refractivity contribution in [2.24, 2.45) is 5.92 Å². The van der Waals surface area contributed by atoms with Crippen molar-refractivity contribution in [3.63, 3.8) is 0 Å². The van der Waals surface area contributed by atoms with Crippen LogP contribution in [0, 0.1) is 5.92 Å². The lowest BCUT2D eigenvalue weighted by Gasteiger charge is -2.26. The maximum atomic E-state index is 12.5. The summed E-state index contributed by atoms with van der Waals surface area (Å²) in [5, 5.41) is 13.1. The van der Waals surface area contributed by atoms with Crippen molar-refractivity contribution >= 4 is 5.91 Å². The fraction of sp³-hybridized carbons (Fsp3) is 0.611. The van der Waals surface area contributed by atoms with Crippen molar-refractivity contribution in [3.8, 4) is 17.2 Å². The Bertz CT molecular complexity index is 555. The van der Waals surface area contributed by atoms with E-state index in [2.05, 4.69) is 5.32 Å². The Labute approximate surface area is 143 Å². The summed E-state index contributed by atoms with van der Waals surface area (Å²) in [7, 11) is 4.50. The average Bonchev–Trinajstić information content (AvgIpc) is 2.64. The van der Waals surface area contributed by atoms with E-state index in [0.29, 0.717) is 22.8 Å². The minimum absolute atomic E-state index is 0.237. The highest BCUT2D eigenvalue weighted by atomic mass is 16.5. The molecule has 0 aromatic heterocycles. The van der Waals surface area contributed by atoms with Crippen LogP contribution in [-0.2, 0) is 0 Å². The number of aliphatic hydroxyl groups excluding tert-OH is 1. The number of rotatable bonds is 7. The first-order chi connectivity index (χ1) is 11.6. The van der Waals surface area contributed by atoms with Gasteiger partial charge in [-0.15, -0.1) is 0 Å². The van der Waals surface area contributed by atoms with Crippen LogP contribution in [0.5, 0.6) is 17.2 Å². The van der Waals surface area contributed by atoms with Gasteiger partial charge in [-0.1, -0.05) is 19.3 Å². The van der Waals surface area contributed by atoms with Crippen LogP contribution in [0.15, 0.2) is 12.1 Å². The summed E-state index contributed by atoms with van der Waals surface area (Å²) in [6.07, 6.45) is 5.07. The molecule has 2 rings (SSSR count). The summed E-state index contributed by atoms with van der Waals surface area (Å²) < 4.78 is 15.8. The Morgan fingerprint density at radius 3 is 2.38 bits per heavy atom. The Morgan fingerprint density at radius 2 is 1.79 bits per heavy atom. The number of hydrogen-bond acceptors (Lipinski definition) is 5. The number of amides is 1. The fourth-order valence-electron chi connectivity index (χ4n) is 3.26. The van der Waals surface area contributed by atoms with Crippen molar-refractivity contribution in [1.82, 2.24) is 5.32 Å². The molecule has 1 unspecified atom stereocenters. The molecule has 0 radical (unpaired) electrons. The van der Waals surface area contributed by atoms with E-state index in [0.717, 1.165) is 25.7 Å². The number of methoxy groups -OCH3 is 3. The minimum Gasteiger partial charge on any atom is -0.493 e. The third-order valence-corrected chi connectivity index (χ3v) is 4.61. The summed E-state index contributed by atoms with van der Waals surface area (Å²) in [5.74, 6) is 1.16. The van der Waals surface area contributed by atoms with E-state index in [-0.39, 0.29) is 18.4 Å². The lowest BCUT2D eigenvalue weighted by atomic mass is 9.85. The second-order valence-electron chi connectivity index (χ2n) is 6.06. The van der Waals surface area contributed by atoms with Gasteiger partial charge in [0.1, 0.15) is 0 Å². The first-order valence-electron chi connectivity index (χ1n) is 8.37. The van der Waals surface area contributed by atoms with Crippen LogP contribution in [0.3, 0.4) is 0 Å². The number of benzene rings is 1. The second-order valence-corrected chi connectivity index (χ2v) is 6.06. The highest BCUT2D eigenvalue weighted by Gasteiger charge is 2.24. The van der Waals surface area contributed by atoms with Gasteiger partial charge >= 0.3 is 0 Å². The summed E-state index contributed by atoms with van der Waals surface area (Å²) in [6, 6.07) is 3.29. The molecular formula is C18H27NO5. The lowest BCUT2D eigenvalue weighted by Crippen LogP contribution is -2.37. The minimum atomic E-state index is -0.514. The van der Waals surface area contributed by atoms with Gasteiger partial charge in [-0.2, -0.15) is 0 Å². The molecule has 134 valence electrons. The number of carbonyl (C=O) groups is 1. The van der Waals surface area contributed by atoms with Crippen LogP contribution < -0.4 is 19.5 Å². The van der Waals surface area contributed by atoms with Crippen LogP contribution in [-0.4, -0.2) is 45.0 Å². The molecule has 0 spiro atoms. The molecular weight excluding hydrogens is 310 g/mol. The van der Waals surface area contributed by atoms with Crippen LogP contribution in [0.4, 0.5) is 0 Å². The first kappa shape index (κ1) is 18.4. The van der Waals surface area contributed by atoms with Crippen LogP contribution in [0.25, 0.3) is 0 Å². The predicted octanol–water partition coefficient (Wildman–Crippen LogP) is 2.38. The number of ether oxygens (including phenoxy) is 3. The zero-order valence-electron chi connectivity index (χ0n) is 14.6. The predicted molar refractivity (Wildman–Crippen MR) is 91.0 cm³/mol. The number of carbonyl (C=O) groups excluding carboxylic acids is 1. The van der Waals surface area contributed by atoms with Crippen molar-refractivity contribution in [3.05, 3.63) is 17.7 Å². The molecule has 0 saturated heterocycles. The molecule has 2 N–H and O–H groups in total. The molecule has 0 bridgehead atoms. The summed E-state index contributed by atoms with van der Waals surface area (Å²) >= 11 is 0. The largest absolute Gasteiger partial charge is 0.493 e. The average molecular weight is 337 g/mol. The first-order valence-corrected chi connectivity index (χ1v) is 8.37. The van der Waals surface area contributed by atoms with E-state index < -0.39 is 6.10 Å².